The molecule has 1 aromatic heterocycles. The summed E-state index contributed by atoms with van der Waals surface area (Å²) in [5.41, 5.74) is 1.39. The van der Waals surface area contributed by atoms with Crippen LogP contribution in [-0.4, -0.2) is 16.7 Å². The molecule has 0 spiro atoms. The van der Waals surface area contributed by atoms with Crippen LogP contribution < -0.4 is 0 Å². The van der Waals surface area contributed by atoms with Crippen LogP contribution in [0.1, 0.15) is 39.4 Å². The maximum absolute atomic E-state index is 11.4. The van der Waals surface area contributed by atoms with E-state index in [1.807, 2.05) is 0 Å². The zero-order valence-electron chi connectivity index (χ0n) is 7.37. The van der Waals surface area contributed by atoms with Gasteiger partial charge >= 0.3 is 5.91 Å². The van der Waals surface area contributed by atoms with Gasteiger partial charge in [-0.25, -0.2) is 0 Å². The molecule has 1 aliphatic carbocycles. The first-order valence-corrected chi connectivity index (χ1v) is 4.35. The van der Waals surface area contributed by atoms with Crippen LogP contribution in [-0.2, 0) is 6.42 Å². The normalized spacial score (nSPS) is 15.0. The van der Waals surface area contributed by atoms with Crippen LogP contribution >= 0.6 is 0 Å². The Balaban J connectivity index is 2.44. The molecule has 0 saturated carbocycles. The molecule has 1 aromatic rings. The predicted octanol–water partition coefficient (Wildman–Crippen LogP) is 1.44. The lowest BCUT2D eigenvalue weighted by atomic mass is 9.97. The smallest absolute Gasteiger partial charge is 0.332 e. The molecule has 0 fully saturated rings. The van der Waals surface area contributed by atoms with Crippen molar-refractivity contribution in [1.82, 2.24) is 4.98 Å². The summed E-state index contributed by atoms with van der Waals surface area (Å²) in [6.07, 6.45) is 2.04. The minimum absolute atomic E-state index is 0.0208. The molecule has 1 amide bonds. The van der Waals surface area contributed by atoms with Crippen LogP contribution in [0.15, 0.2) is 11.2 Å². The van der Waals surface area contributed by atoms with Gasteiger partial charge in [-0.1, -0.05) is 0 Å². The van der Waals surface area contributed by atoms with Crippen molar-refractivity contribution in [3.8, 4) is 0 Å². The van der Waals surface area contributed by atoms with E-state index < -0.39 is 5.91 Å². The SMILES string of the molecule is O=NC(=O)c1cc2c([nH]1)CCCC2=O. The highest BCUT2D eigenvalue weighted by atomic mass is 16.3. The van der Waals surface area contributed by atoms with Gasteiger partial charge in [0.15, 0.2) is 5.78 Å². The molecule has 5 nitrogen and oxygen atoms in total. The molecule has 14 heavy (non-hydrogen) atoms. The number of hydrogen-bond acceptors (Lipinski definition) is 3. The van der Waals surface area contributed by atoms with Crippen molar-refractivity contribution in [1.29, 1.82) is 0 Å². The number of aryl methyl sites for hydroxylation is 1. The summed E-state index contributed by atoms with van der Waals surface area (Å²) in [4.78, 5) is 35.0. The second-order valence-electron chi connectivity index (χ2n) is 3.25. The number of hydrogen-bond donors (Lipinski definition) is 1. The lowest BCUT2D eigenvalue weighted by Crippen LogP contribution is -2.08. The molecule has 0 saturated heterocycles. The second kappa shape index (κ2) is 3.17. The fourth-order valence-corrected chi connectivity index (χ4v) is 1.67. The molecule has 0 bridgehead atoms. The van der Waals surface area contributed by atoms with Crippen LogP contribution in [0.2, 0.25) is 0 Å². The Morgan fingerprint density at radius 3 is 2.86 bits per heavy atom. The van der Waals surface area contributed by atoms with E-state index >= 15 is 0 Å². The molecule has 0 unspecified atom stereocenters. The van der Waals surface area contributed by atoms with Crippen LogP contribution in [0, 0.1) is 4.91 Å². The van der Waals surface area contributed by atoms with Gasteiger partial charge in [0.25, 0.3) is 0 Å². The van der Waals surface area contributed by atoms with Gasteiger partial charge in [0, 0.05) is 22.9 Å². The highest BCUT2D eigenvalue weighted by Crippen LogP contribution is 2.21. The second-order valence-corrected chi connectivity index (χ2v) is 3.25. The van der Waals surface area contributed by atoms with Crippen LogP contribution in [0.3, 0.4) is 0 Å². The number of nitroso groups, excluding NO2 is 1. The number of ketones is 1. The molecule has 0 aromatic carbocycles. The Kier molecular flexibility index (Phi) is 1.99. The topological polar surface area (TPSA) is 79.4 Å². The molecular weight excluding hydrogens is 184 g/mol. The van der Waals surface area contributed by atoms with Gasteiger partial charge in [-0.2, -0.15) is 0 Å². The number of aromatic nitrogens is 1. The Bertz CT molecular complexity index is 420. The molecule has 2 rings (SSSR count). The molecule has 1 aliphatic rings. The van der Waals surface area contributed by atoms with E-state index in [2.05, 4.69) is 10.2 Å². The first-order chi connectivity index (χ1) is 6.72. The van der Waals surface area contributed by atoms with Crippen molar-refractivity contribution in [3.05, 3.63) is 27.9 Å². The molecule has 72 valence electrons. The van der Waals surface area contributed by atoms with Gasteiger partial charge in [0.1, 0.15) is 5.69 Å². The van der Waals surface area contributed by atoms with E-state index in [0.29, 0.717) is 12.0 Å². The quantitative estimate of drug-likeness (QED) is 0.683. The average Bonchev–Trinajstić information content (AvgIpc) is 2.62. The molecule has 5 heteroatoms. The fourth-order valence-electron chi connectivity index (χ4n) is 1.67. The monoisotopic (exact) mass is 192 g/mol. The Morgan fingerprint density at radius 2 is 2.21 bits per heavy atom. The first-order valence-electron chi connectivity index (χ1n) is 4.35. The highest BCUT2D eigenvalue weighted by Gasteiger charge is 2.22. The van der Waals surface area contributed by atoms with E-state index in [9.17, 15) is 14.5 Å². The van der Waals surface area contributed by atoms with Crippen molar-refractivity contribution in [2.45, 2.75) is 19.3 Å². The Morgan fingerprint density at radius 1 is 1.43 bits per heavy atom. The van der Waals surface area contributed by atoms with Crippen molar-refractivity contribution in [2.75, 3.05) is 0 Å². The zero-order valence-corrected chi connectivity index (χ0v) is 7.37. The molecular formula is C9H8N2O3. The van der Waals surface area contributed by atoms with Crippen molar-refractivity contribution in [3.63, 3.8) is 0 Å². The largest absolute Gasteiger partial charge is 0.354 e. The first kappa shape index (κ1) is 8.80. The molecule has 0 radical (unpaired) electrons. The third-order valence-electron chi connectivity index (χ3n) is 2.34. The number of aromatic amines is 1. The Hall–Kier alpha value is -1.78. The third-order valence-corrected chi connectivity index (χ3v) is 2.34. The van der Waals surface area contributed by atoms with Crippen LogP contribution in [0.5, 0.6) is 0 Å². The van der Waals surface area contributed by atoms with E-state index in [0.717, 1.165) is 18.5 Å². The van der Waals surface area contributed by atoms with Crippen molar-refractivity contribution < 1.29 is 9.59 Å². The van der Waals surface area contributed by atoms with E-state index in [1.54, 1.807) is 0 Å². The van der Waals surface area contributed by atoms with E-state index in [4.69, 9.17) is 0 Å². The van der Waals surface area contributed by atoms with Gasteiger partial charge in [-0.15, -0.1) is 4.91 Å². The number of nitrogens with zero attached hydrogens (tertiary/aromatic N) is 1. The number of amides is 1. The summed E-state index contributed by atoms with van der Waals surface area (Å²) in [5, 5.41) is 2.30. The van der Waals surface area contributed by atoms with Gasteiger partial charge < -0.3 is 4.98 Å². The number of fused-ring (bicyclic) bond motifs is 1. The van der Waals surface area contributed by atoms with Crippen molar-refractivity contribution >= 4 is 11.7 Å². The zero-order chi connectivity index (χ0) is 10.1. The maximum Gasteiger partial charge on any atom is 0.332 e. The summed E-state index contributed by atoms with van der Waals surface area (Å²) >= 11 is 0. The molecule has 0 aliphatic heterocycles. The van der Waals surface area contributed by atoms with Crippen LogP contribution in [0.4, 0.5) is 0 Å². The van der Waals surface area contributed by atoms with Crippen molar-refractivity contribution in [2.24, 2.45) is 5.18 Å². The number of carbonyl (C=O) groups is 2. The Labute approximate surface area is 79.5 Å². The van der Waals surface area contributed by atoms with Gasteiger partial charge in [0.2, 0.25) is 0 Å². The van der Waals surface area contributed by atoms with E-state index in [-0.39, 0.29) is 11.5 Å². The predicted molar refractivity (Wildman–Crippen MR) is 48.2 cm³/mol. The number of Topliss-reactive ketones (excluding diaryl/α,β-unsaturated/α-hetero) is 1. The molecule has 1 heterocycles. The van der Waals surface area contributed by atoms with Gasteiger partial charge in [-0.3, -0.25) is 9.59 Å². The lowest BCUT2D eigenvalue weighted by molar-refractivity contribution is 0.0971. The summed E-state index contributed by atoms with van der Waals surface area (Å²) in [5.74, 6) is -0.834. The third kappa shape index (κ3) is 1.26. The molecule has 0 atom stereocenters. The van der Waals surface area contributed by atoms with Gasteiger partial charge in [-0.05, 0) is 18.9 Å². The lowest BCUT2D eigenvalue weighted by Gasteiger charge is -2.08. The van der Waals surface area contributed by atoms with Gasteiger partial charge in [0.05, 0.1) is 0 Å². The minimum Gasteiger partial charge on any atom is -0.354 e. The standard InChI is InChI=1S/C9H8N2O3/c12-8-3-1-2-6-5(8)4-7(10-6)9(13)11-14/h4,10H,1-3H2. The molecule has 1 N–H and O–H groups in total. The number of nitrogens with one attached hydrogen (secondary N) is 1. The summed E-state index contributed by atoms with van der Waals surface area (Å²) < 4.78 is 0. The summed E-state index contributed by atoms with van der Waals surface area (Å²) in [7, 11) is 0. The van der Waals surface area contributed by atoms with Crippen LogP contribution in [0.25, 0.3) is 0 Å². The minimum atomic E-state index is -0.854. The maximum atomic E-state index is 11.4. The summed E-state index contributed by atoms with van der Waals surface area (Å²) in [6, 6.07) is 1.42. The highest BCUT2D eigenvalue weighted by molar-refractivity contribution is 6.02. The number of carbonyl (C=O) groups excluding carboxylic acids is 2. The average molecular weight is 192 g/mol. The number of H-pyrrole nitrogens is 1. The summed E-state index contributed by atoms with van der Waals surface area (Å²) in [6.45, 7) is 0. The number of rotatable bonds is 1. The van der Waals surface area contributed by atoms with E-state index in [1.165, 1.54) is 6.07 Å². The fraction of sp³-hybridized carbons (Fsp3) is 0.333.